The van der Waals surface area contributed by atoms with Crippen LogP contribution in [0.1, 0.15) is 29.5 Å². The molecule has 2 aromatic rings. The summed E-state index contributed by atoms with van der Waals surface area (Å²) in [7, 11) is 0. The maximum Gasteiger partial charge on any atom is 0.184 e. The predicted octanol–water partition coefficient (Wildman–Crippen LogP) is 2.46. The Hall–Kier alpha value is -1.68. The van der Waals surface area contributed by atoms with Gasteiger partial charge in [0.25, 0.3) is 0 Å². The summed E-state index contributed by atoms with van der Waals surface area (Å²) in [6.07, 6.45) is -0.815. The molecule has 0 saturated heterocycles. The van der Waals surface area contributed by atoms with Crippen LogP contribution in [0.2, 0.25) is 0 Å². The summed E-state index contributed by atoms with van der Waals surface area (Å²) in [6.45, 7) is 2.17. The molecule has 3 heteroatoms. The van der Waals surface area contributed by atoms with Crippen LogP contribution in [0.4, 0.5) is 0 Å². The minimum atomic E-state index is -1.33. The second-order valence-electron chi connectivity index (χ2n) is 5.52. The Morgan fingerprint density at radius 2 is 1.81 bits per heavy atom. The molecule has 0 spiro atoms. The van der Waals surface area contributed by atoms with Gasteiger partial charge in [0.05, 0.1) is 0 Å². The monoisotopic (exact) mass is 284 g/mol. The fourth-order valence-electron chi connectivity index (χ4n) is 3.30. The second-order valence-corrected chi connectivity index (χ2v) is 5.52. The Bertz CT molecular complexity index is 611. The van der Waals surface area contributed by atoms with E-state index in [1.807, 2.05) is 61.5 Å². The summed E-state index contributed by atoms with van der Waals surface area (Å²) in [5.74, 6) is -0.281. The molecule has 0 bridgehead atoms. The first-order valence-corrected chi connectivity index (χ1v) is 7.31. The quantitative estimate of drug-likeness (QED) is 0.848. The van der Waals surface area contributed by atoms with Crippen molar-refractivity contribution < 1.29 is 14.9 Å². The molecule has 2 N–H and O–H groups in total. The zero-order valence-corrected chi connectivity index (χ0v) is 12.1. The van der Waals surface area contributed by atoms with E-state index in [1.54, 1.807) is 0 Å². The molecule has 0 aromatic heterocycles. The van der Waals surface area contributed by atoms with Crippen molar-refractivity contribution in [3.05, 3.63) is 71.3 Å². The highest BCUT2D eigenvalue weighted by Gasteiger charge is 2.50. The van der Waals surface area contributed by atoms with Crippen molar-refractivity contribution in [1.29, 1.82) is 0 Å². The minimum Gasteiger partial charge on any atom is -0.383 e. The number of aliphatic hydroxyl groups is 2. The van der Waals surface area contributed by atoms with Gasteiger partial charge in [0, 0.05) is 18.9 Å². The maximum absolute atomic E-state index is 11.2. The molecule has 0 aliphatic heterocycles. The molecule has 3 unspecified atom stereocenters. The van der Waals surface area contributed by atoms with Gasteiger partial charge in [-0.25, -0.2) is 0 Å². The Kier molecular flexibility index (Phi) is 3.81. The van der Waals surface area contributed by atoms with Gasteiger partial charge in [-0.05, 0) is 23.6 Å². The van der Waals surface area contributed by atoms with E-state index in [2.05, 4.69) is 0 Å². The first-order chi connectivity index (χ1) is 10.2. The Morgan fingerprint density at radius 1 is 1.14 bits per heavy atom. The lowest BCUT2D eigenvalue weighted by molar-refractivity contribution is -0.212. The molecule has 0 heterocycles. The molecule has 3 rings (SSSR count). The average molecular weight is 284 g/mol. The summed E-state index contributed by atoms with van der Waals surface area (Å²) in [5.41, 5.74) is 1.78. The molecule has 0 radical (unpaired) electrons. The van der Waals surface area contributed by atoms with Crippen molar-refractivity contribution in [3.63, 3.8) is 0 Å². The molecule has 2 aromatic carbocycles. The van der Waals surface area contributed by atoms with Crippen LogP contribution in [-0.4, -0.2) is 28.7 Å². The summed E-state index contributed by atoms with van der Waals surface area (Å²) in [6, 6.07) is 17.8. The highest BCUT2D eigenvalue weighted by Crippen LogP contribution is 2.46. The molecule has 3 nitrogen and oxygen atoms in total. The lowest BCUT2D eigenvalue weighted by atomic mass is 9.82. The number of fused-ring (bicyclic) bond motifs is 1. The molecular formula is C18H20O3. The van der Waals surface area contributed by atoms with Crippen LogP contribution in [-0.2, 0) is 11.2 Å². The average Bonchev–Trinajstić information content (AvgIpc) is 2.81. The van der Waals surface area contributed by atoms with Crippen molar-refractivity contribution in [2.75, 3.05) is 6.61 Å². The highest BCUT2D eigenvalue weighted by molar-refractivity contribution is 5.47. The molecule has 21 heavy (non-hydrogen) atoms. The van der Waals surface area contributed by atoms with E-state index in [-0.39, 0.29) is 5.92 Å². The van der Waals surface area contributed by atoms with E-state index in [0.29, 0.717) is 13.0 Å². The van der Waals surface area contributed by atoms with Crippen LogP contribution in [0.15, 0.2) is 54.6 Å². The maximum atomic E-state index is 11.2. The van der Waals surface area contributed by atoms with E-state index in [0.717, 1.165) is 16.7 Å². The van der Waals surface area contributed by atoms with E-state index < -0.39 is 11.9 Å². The third-order valence-electron chi connectivity index (χ3n) is 4.22. The molecule has 1 aliphatic rings. The third-order valence-corrected chi connectivity index (χ3v) is 4.22. The van der Waals surface area contributed by atoms with Gasteiger partial charge in [0.15, 0.2) is 6.29 Å². The lowest BCUT2D eigenvalue weighted by Gasteiger charge is -2.34. The lowest BCUT2D eigenvalue weighted by Crippen LogP contribution is -2.48. The topological polar surface area (TPSA) is 49.7 Å². The van der Waals surface area contributed by atoms with Crippen molar-refractivity contribution in [1.82, 2.24) is 0 Å². The first-order valence-electron chi connectivity index (χ1n) is 7.31. The van der Waals surface area contributed by atoms with Crippen LogP contribution < -0.4 is 0 Å². The summed E-state index contributed by atoms with van der Waals surface area (Å²) in [5, 5.41) is 21.5. The number of aliphatic hydroxyl groups excluding tert-OH is 1. The van der Waals surface area contributed by atoms with Gasteiger partial charge in [-0.1, -0.05) is 54.6 Å². The number of benzene rings is 2. The van der Waals surface area contributed by atoms with E-state index in [1.165, 1.54) is 0 Å². The van der Waals surface area contributed by atoms with Crippen molar-refractivity contribution >= 4 is 0 Å². The molecule has 110 valence electrons. The van der Waals surface area contributed by atoms with E-state index in [9.17, 15) is 10.2 Å². The van der Waals surface area contributed by atoms with Crippen molar-refractivity contribution in [2.45, 2.75) is 31.2 Å². The molecular weight excluding hydrogens is 264 g/mol. The van der Waals surface area contributed by atoms with Crippen LogP contribution in [0, 0.1) is 0 Å². The van der Waals surface area contributed by atoms with E-state index >= 15 is 0 Å². The summed E-state index contributed by atoms with van der Waals surface area (Å²) >= 11 is 0. The Labute approximate surface area is 124 Å². The SMILES string of the molecule is CCOC(O)C1(O)Cc2ccccc2C1c1ccccc1. The fourth-order valence-corrected chi connectivity index (χ4v) is 3.30. The van der Waals surface area contributed by atoms with Crippen molar-refractivity contribution in [2.24, 2.45) is 0 Å². The second kappa shape index (κ2) is 5.60. The minimum absolute atomic E-state index is 0.281. The van der Waals surface area contributed by atoms with Crippen LogP contribution in [0.25, 0.3) is 0 Å². The fraction of sp³-hybridized carbons (Fsp3) is 0.333. The Morgan fingerprint density at radius 3 is 2.52 bits per heavy atom. The van der Waals surface area contributed by atoms with Gasteiger partial charge in [0.2, 0.25) is 0 Å². The van der Waals surface area contributed by atoms with Gasteiger partial charge in [-0.15, -0.1) is 0 Å². The third kappa shape index (κ3) is 2.38. The van der Waals surface area contributed by atoms with Crippen LogP contribution >= 0.6 is 0 Å². The number of ether oxygens (including phenoxy) is 1. The standard InChI is InChI=1S/C18H20O3/c1-2-21-17(19)18(20)12-14-10-6-7-11-15(14)16(18)13-8-4-3-5-9-13/h3-11,16-17,19-20H,2,12H2,1H3. The molecule has 0 fully saturated rings. The van der Waals surface area contributed by atoms with Gasteiger partial charge < -0.3 is 14.9 Å². The molecule has 0 amide bonds. The number of hydrogen-bond donors (Lipinski definition) is 2. The van der Waals surface area contributed by atoms with Gasteiger partial charge in [0.1, 0.15) is 5.60 Å². The largest absolute Gasteiger partial charge is 0.383 e. The molecule has 0 saturated carbocycles. The van der Waals surface area contributed by atoms with Crippen molar-refractivity contribution in [3.8, 4) is 0 Å². The van der Waals surface area contributed by atoms with Crippen LogP contribution in [0.3, 0.4) is 0 Å². The smallest absolute Gasteiger partial charge is 0.184 e. The van der Waals surface area contributed by atoms with E-state index in [4.69, 9.17) is 4.74 Å². The zero-order chi connectivity index (χ0) is 14.9. The number of rotatable bonds is 4. The summed E-state index contributed by atoms with van der Waals surface area (Å²) < 4.78 is 5.32. The highest BCUT2D eigenvalue weighted by atomic mass is 16.6. The summed E-state index contributed by atoms with van der Waals surface area (Å²) in [4.78, 5) is 0. The van der Waals surface area contributed by atoms with Crippen LogP contribution in [0.5, 0.6) is 0 Å². The van der Waals surface area contributed by atoms with Gasteiger partial charge in [-0.3, -0.25) is 0 Å². The zero-order valence-electron chi connectivity index (χ0n) is 12.1. The normalized spacial score (nSPS) is 25.6. The molecule has 3 atom stereocenters. The van der Waals surface area contributed by atoms with Gasteiger partial charge in [-0.2, -0.15) is 0 Å². The first kappa shape index (κ1) is 14.3. The number of hydrogen-bond acceptors (Lipinski definition) is 3. The predicted molar refractivity (Wildman–Crippen MR) is 81.0 cm³/mol. The molecule has 1 aliphatic carbocycles. The Balaban J connectivity index is 2.09. The van der Waals surface area contributed by atoms with Gasteiger partial charge >= 0.3 is 0 Å².